The number of nitrogens with two attached hydrogens (primary N) is 1. The lowest BCUT2D eigenvalue weighted by atomic mass is 10.0. The standard InChI is InChI=1S/C15H22ClN5O4/c1-3-8-11(16)20-13(18-8)14(23)19-9-5-6-21(15(24)12(17)22)7-10(9)25-4-2/h9-10H,3-7H2,1-2H3,(H2,17,22)(H,18,20)(H,19,23)/t9?,10-/m0/s1. The monoisotopic (exact) mass is 371 g/mol. The molecule has 1 unspecified atom stereocenters. The van der Waals surface area contributed by atoms with Gasteiger partial charge in [-0.3, -0.25) is 14.4 Å². The number of carbonyl (C=O) groups excluding carboxylic acids is 3. The molecule has 1 aromatic heterocycles. The summed E-state index contributed by atoms with van der Waals surface area (Å²) >= 11 is 5.96. The first-order valence-electron chi connectivity index (χ1n) is 8.12. The van der Waals surface area contributed by atoms with E-state index in [-0.39, 0.29) is 23.6 Å². The number of aromatic nitrogens is 2. The summed E-state index contributed by atoms with van der Waals surface area (Å²) in [5.74, 6) is -2.02. The first-order chi connectivity index (χ1) is 11.9. The smallest absolute Gasteiger partial charge is 0.311 e. The summed E-state index contributed by atoms with van der Waals surface area (Å²) in [5, 5.41) is 3.13. The molecule has 2 heterocycles. The maximum atomic E-state index is 12.4. The quantitative estimate of drug-likeness (QED) is 0.619. The highest BCUT2D eigenvalue weighted by Crippen LogP contribution is 2.17. The predicted octanol–water partition coefficient (Wildman–Crippen LogP) is -0.153. The van der Waals surface area contributed by atoms with Gasteiger partial charge in [0.05, 0.1) is 17.8 Å². The molecule has 10 heteroatoms. The van der Waals surface area contributed by atoms with Crippen LogP contribution in [0.1, 0.15) is 36.6 Å². The number of hydrogen-bond acceptors (Lipinski definition) is 5. The van der Waals surface area contributed by atoms with Crippen molar-refractivity contribution in [2.45, 2.75) is 38.8 Å². The van der Waals surface area contributed by atoms with E-state index in [1.54, 1.807) is 0 Å². The number of aryl methyl sites for hydroxylation is 1. The van der Waals surface area contributed by atoms with Crippen molar-refractivity contribution in [1.29, 1.82) is 0 Å². The number of aromatic amines is 1. The Morgan fingerprint density at radius 1 is 1.44 bits per heavy atom. The van der Waals surface area contributed by atoms with Gasteiger partial charge in [-0.1, -0.05) is 18.5 Å². The van der Waals surface area contributed by atoms with Crippen LogP contribution in [0.2, 0.25) is 5.15 Å². The van der Waals surface area contributed by atoms with Gasteiger partial charge in [0.2, 0.25) is 0 Å². The van der Waals surface area contributed by atoms with Crippen molar-refractivity contribution in [2.75, 3.05) is 19.7 Å². The summed E-state index contributed by atoms with van der Waals surface area (Å²) in [6, 6.07) is -0.321. The molecule has 0 aliphatic carbocycles. The molecule has 0 radical (unpaired) electrons. The number of amides is 3. The Hall–Kier alpha value is -2.13. The van der Waals surface area contributed by atoms with E-state index in [0.717, 1.165) is 0 Å². The molecule has 2 rings (SSSR count). The van der Waals surface area contributed by atoms with Crippen molar-refractivity contribution in [3.05, 3.63) is 16.7 Å². The average molecular weight is 372 g/mol. The van der Waals surface area contributed by atoms with Crippen LogP contribution in [0.3, 0.4) is 0 Å². The van der Waals surface area contributed by atoms with Crippen molar-refractivity contribution in [2.24, 2.45) is 5.73 Å². The SMILES string of the molecule is CCO[C@H]1CN(C(=O)C(N)=O)CCC1NC(=O)c1nc(Cl)c(CC)[nH]1. The van der Waals surface area contributed by atoms with Gasteiger partial charge < -0.3 is 25.7 Å². The lowest BCUT2D eigenvalue weighted by Gasteiger charge is -2.37. The van der Waals surface area contributed by atoms with Gasteiger partial charge in [0.15, 0.2) is 11.0 Å². The molecule has 25 heavy (non-hydrogen) atoms. The number of piperidine rings is 1. The van der Waals surface area contributed by atoms with E-state index in [1.165, 1.54) is 4.90 Å². The van der Waals surface area contributed by atoms with Gasteiger partial charge in [-0.25, -0.2) is 4.98 Å². The van der Waals surface area contributed by atoms with E-state index in [1.807, 2.05) is 13.8 Å². The third-order valence-electron chi connectivity index (χ3n) is 4.05. The van der Waals surface area contributed by atoms with Crippen LogP contribution in [-0.4, -0.2) is 64.4 Å². The van der Waals surface area contributed by atoms with Crippen molar-refractivity contribution in [3.63, 3.8) is 0 Å². The van der Waals surface area contributed by atoms with Crippen LogP contribution in [-0.2, 0) is 20.7 Å². The van der Waals surface area contributed by atoms with Crippen LogP contribution in [0.25, 0.3) is 0 Å². The topological polar surface area (TPSA) is 130 Å². The molecule has 0 bridgehead atoms. The van der Waals surface area contributed by atoms with Crippen LogP contribution in [0.4, 0.5) is 0 Å². The molecule has 0 saturated carbocycles. The van der Waals surface area contributed by atoms with E-state index in [0.29, 0.717) is 31.7 Å². The number of hydrogen-bond donors (Lipinski definition) is 3. The summed E-state index contributed by atoms with van der Waals surface area (Å²) in [4.78, 5) is 43.5. The first-order valence-corrected chi connectivity index (χ1v) is 8.50. The van der Waals surface area contributed by atoms with E-state index < -0.39 is 23.8 Å². The second-order valence-electron chi connectivity index (χ2n) is 5.69. The van der Waals surface area contributed by atoms with Gasteiger partial charge in [0, 0.05) is 19.7 Å². The lowest BCUT2D eigenvalue weighted by Crippen LogP contribution is -2.57. The van der Waals surface area contributed by atoms with E-state index in [9.17, 15) is 14.4 Å². The molecule has 138 valence electrons. The summed E-state index contributed by atoms with van der Waals surface area (Å²) in [6.45, 7) is 4.60. The molecule has 3 amide bonds. The highest BCUT2D eigenvalue weighted by molar-refractivity contribution is 6.34. The molecule has 1 aliphatic rings. The molecule has 2 atom stereocenters. The predicted molar refractivity (Wildman–Crippen MR) is 90.0 cm³/mol. The normalized spacial score (nSPS) is 20.4. The van der Waals surface area contributed by atoms with Crippen molar-refractivity contribution in [3.8, 4) is 0 Å². The number of rotatable bonds is 5. The highest BCUT2D eigenvalue weighted by atomic mass is 35.5. The van der Waals surface area contributed by atoms with Crippen LogP contribution < -0.4 is 11.1 Å². The number of halogens is 1. The Morgan fingerprint density at radius 3 is 2.72 bits per heavy atom. The Labute approximate surface area is 150 Å². The number of carbonyl (C=O) groups is 3. The summed E-state index contributed by atoms with van der Waals surface area (Å²) < 4.78 is 5.63. The van der Waals surface area contributed by atoms with Gasteiger partial charge in [0.1, 0.15) is 0 Å². The van der Waals surface area contributed by atoms with E-state index in [2.05, 4.69) is 15.3 Å². The van der Waals surface area contributed by atoms with Crippen molar-refractivity contribution >= 4 is 29.3 Å². The Kier molecular flexibility index (Phi) is 6.38. The summed E-state index contributed by atoms with van der Waals surface area (Å²) in [6.07, 6.45) is 0.626. The molecule has 1 saturated heterocycles. The molecule has 1 fully saturated rings. The summed E-state index contributed by atoms with van der Waals surface area (Å²) in [7, 11) is 0. The fourth-order valence-corrected chi connectivity index (χ4v) is 3.04. The first kappa shape index (κ1) is 19.2. The minimum Gasteiger partial charge on any atom is -0.375 e. The Bertz CT molecular complexity index is 662. The second-order valence-corrected chi connectivity index (χ2v) is 6.04. The zero-order valence-corrected chi connectivity index (χ0v) is 14.9. The molecular weight excluding hydrogens is 350 g/mol. The number of likely N-dealkylation sites (tertiary alicyclic amines) is 1. The Balaban J connectivity index is 2.05. The van der Waals surface area contributed by atoms with Gasteiger partial charge >= 0.3 is 11.8 Å². The number of ether oxygens (including phenoxy) is 1. The van der Waals surface area contributed by atoms with Gasteiger partial charge in [-0.05, 0) is 19.8 Å². The number of nitrogens with zero attached hydrogens (tertiary/aromatic N) is 2. The third-order valence-corrected chi connectivity index (χ3v) is 4.36. The van der Waals surface area contributed by atoms with Crippen LogP contribution in [0.15, 0.2) is 0 Å². The lowest BCUT2D eigenvalue weighted by molar-refractivity contribution is -0.147. The average Bonchev–Trinajstić information content (AvgIpc) is 2.96. The largest absolute Gasteiger partial charge is 0.375 e. The van der Waals surface area contributed by atoms with Crippen molar-refractivity contribution < 1.29 is 19.1 Å². The van der Waals surface area contributed by atoms with Crippen molar-refractivity contribution in [1.82, 2.24) is 20.2 Å². The molecule has 0 aromatic carbocycles. The molecular formula is C15H22ClN5O4. The zero-order chi connectivity index (χ0) is 18.6. The zero-order valence-electron chi connectivity index (χ0n) is 14.2. The minimum atomic E-state index is -1.00. The maximum absolute atomic E-state index is 12.4. The number of H-pyrrole nitrogens is 1. The number of imidazole rings is 1. The van der Waals surface area contributed by atoms with Crippen LogP contribution >= 0.6 is 11.6 Å². The Morgan fingerprint density at radius 2 is 2.16 bits per heavy atom. The molecule has 0 spiro atoms. The van der Waals surface area contributed by atoms with Gasteiger partial charge in [-0.15, -0.1) is 0 Å². The maximum Gasteiger partial charge on any atom is 0.311 e. The van der Waals surface area contributed by atoms with Gasteiger partial charge in [-0.2, -0.15) is 0 Å². The number of nitrogens with one attached hydrogen (secondary N) is 2. The highest BCUT2D eigenvalue weighted by Gasteiger charge is 2.34. The number of primary amides is 1. The van der Waals surface area contributed by atoms with E-state index in [4.69, 9.17) is 22.1 Å². The van der Waals surface area contributed by atoms with Crippen LogP contribution in [0.5, 0.6) is 0 Å². The van der Waals surface area contributed by atoms with Crippen LogP contribution in [0, 0.1) is 0 Å². The molecule has 1 aromatic rings. The molecule has 1 aliphatic heterocycles. The fourth-order valence-electron chi connectivity index (χ4n) is 2.77. The summed E-state index contributed by atoms with van der Waals surface area (Å²) in [5.41, 5.74) is 5.73. The fraction of sp³-hybridized carbons (Fsp3) is 0.600. The third kappa shape index (κ3) is 4.49. The second kappa shape index (κ2) is 8.30. The molecule has 4 N–H and O–H groups in total. The van der Waals surface area contributed by atoms with Gasteiger partial charge in [0.25, 0.3) is 5.91 Å². The molecule has 9 nitrogen and oxygen atoms in total. The minimum absolute atomic E-state index is 0.132. The van der Waals surface area contributed by atoms with E-state index >= 15 is 0 Å².